The Morgan fingerprint density at radius 1 is 1.00 bits per heavy atom. The molecule has 0 saturated carbocycles. The summed E-state index contributed by atoms with van der Waals surface area (Å²) in [6, 6.07) is 9.50. The number of amides is 2. The Morgan fingerprint density at radius 3 is 2.17 bits per heavy atom. The second-order valence-corrected chi connectivity index (χ2v) is 6.86. The van der Waals surface area contributed by atoms with Gasteiger partial charge in [-0.3, -0.25) is 19.4 Å². The second kappa shape index (κ2) is 9.29. The van der Waals surface area contributed by atoms with Crippen molar-refractivity contribution in [3.63, 3.8) is 0 Å². The van der Waals surface area contributed by atoms with E-state index < -0.39 is 18.6 Å². The number of hydrogen-bond donors (Lipinski definition) is 2. The average Bonchev–Trinajstić information content (AvgIpc) is 2.77. The molecule has 29 heavy (non-hydrogen) atoms. The largest absolute Gasteiger partial charge is 0.394 e. The molecule has 1 aliphatic heterocycles. The van der Waals surface area contributed by atoms with Crippen LogP contribution in [0.2, 0.25) is 0 Å². The van der Waals surface area contributed by atoms with Gasteiger partial charge in [0.1, 0.15) is 6.04 Å². The zero-order chi connectivity index (χ0) is 20.8. The Morgan fingerprint density at radius 2 is 1.62 bits per heavy atom. The summed E-state index contributed by atoms with van der Waals surface area (Å²) < 4.78 is 0. The lowest BCUT2D eigenvalue weighted by Gasteiger charge is -2.37. The summed E-state index contributed by atoms with van der Waals surface area (Å²) >= 11 is 0. The highest BCUT2D eigenvalue weighted by molar-refractivity contribution is 5.97. The van der Waals surface area contributed by atoms with Crippen molar-refractivity contribution in [2.45, 2.75) is 13.0 Å². The van der Waals surface area contributed by atoms with Gasteiger partial charge in [0.05, 0.1) is 6.61 Å². The van der Waals surface area contributed by atoms with Gasteiger partial charge in [-0.25, -0.2) is 0 Å². The number of Topliss-reactive ketones (excluding diaryl/α,β-unsaturated/α-hetero) is 1. The minimum Gasteiger partial charge on any atom is -0.394 e. The van der Waals surface area contributed by atoms with E-state index in [4.69, 9.17) is 0 Å². The highest BCUT2D eigenvalue weighted by Crippen LogP contribution is 2.18. The Bertz CT molecular complexity index is 862. The topological polar surface area (TPSA) is 103 Å². The van der Waals surface area contributed by atoms with Crippen molar-refractivity contribution in [3.8, 4) is 0 Å². The van der Waals surface area contributed by atoms with Gasteiger partial charge in [-0.15, -0.1) is 0 Å². The van der Waals surface area contributed by atoms with Crippen LogP contribution in [0.25, 0.3) is 0 Å². The summed E-state index contributed by atoms with van der Waals surface area (Å²) in [6.45, 7) is 3.28. The number of benzene rings is 1. The van der Waals surface area contributed by atoms with Gasteiger partial charge in [-0.05, 0) is 43.3 Å². The molecule has 2 N–H and O–H groups in total. The number of hydrogen-bond acceptors (Lipinski definition) is 6. The van der Waals surface area contributed by atoms with Gasteiger partial charge in [0.2, 0.25) is 5.91 Å². The predicted molar refractivity (Wildman–Crippen MR) is 108 cm³/mol. The summed E-state index contributed by atoms with van der Waals surface area (Å²) in [5, 5.41) is 12.2. The predicted octanol–water partition coefficient (Wildman–Crippen LogP) is 0.724. The summed E-state index contributed by atoms with van der Waals surface area (Å²) in [5.74, 6) is -0.707. The fourth-order valence-corrected chi connectivity index (χ4v) is 3.24. The van der Waals surface area contributed by atoms with Crippen LogP contribution in [0, 0.1) is 0 Å². The number of rotatable bonds is 6. The van der Waals surface area contributed by atoms with Crippen LogP contribution in [0.5, 0.6) is 0 Å². The van der Waals surface area contributed by atoms with Crippen LogP contribution in [0.3, 0.4) is 0 Å². The van der Waals surface area contributed by atoms with Crippen LogP contribution in [0.1, 0.15) is 27.6 Å². The van der Waals surface area contributed by atoms with Crippen LogP contribution in [-0.2, 0) is 4.79 Å². The first-order chi connectivity index (χ1) is 14.0. The van der Waals surface area contributed by atoms with E-state index in [0.717, 1.165) is 5.69 Å². The zero-order valence-corrected chi connectivity index (χ0v) is 16.2. The smallest absolute Gasteiger partial charge is 0.252 e. The van der Waals surface area contributed by atoms with E-state index in [-0.39, 0.29) is 11.7 Å². The lowest BCUT2D eigenvalue weighted by Crippen LogP contribution is -2.56. The molecule has 2 amide bonds. The zero-order valence-electron chi connectivity index (χ0n) is 16.2. The van der Waals surface area contributed by atoms with Crippen molar-refractivity contribution < 1.29 is 19.5 Å². The number of nitrogens with zero attached hydrogens (tertiary/aromatic N) is 3. The second-order valence-electron chi connectivity index (χ2n) is 6.86. The molecular weight excluding hydrogens is 372 g/mol. The lowest BCUT2D eigenvalue weighted by atomic mass is 10.1. The minimum atomic E-state index is -0.989. The summed E-state index contributed by atoms with van der Waals surface area (Å²) in [5.41, 5.74) is 2.04. The molecule has 1 unspecified atom stereocenters. The molecule has 1 saturated heterocycles. The van der Waals surface area contributed by atoms with Crippen molar-refractivity contribution in [1.29, 1.82) is 0 Å². The number of aromatic nitrogens is 1. The third-order valence-corrected chi connectivity index (χ3v) is 4.96. The van der Waals surface area contributed by atoms with Crippen LogP contribution in [0.15, 0.2) is 48.8 Å². The quantitative estimate of drug-likeness (QED) is 0.698. The molecule has 1 aliphatic rings. The SMILES string of the molecule is CC(=O)c1ccc(N2CCN(C(=O)C(CO)NC(=O)c3ccncc3)CC2)cc1. The lowest BCUT2D eigenvalue weighted by molar-refractivity contribution is -0.134. The molecule has 3 rings (SSSR count). The van der Waals surface area contributed by atoms with E-state index in [0.29, 0.717) is 37.3 Å². The van der Waals surface area contributed by atoms with Gasteiger partial charge in [0, 0.05) is 55.4 Å². The van der Waals surface area contributed by atoms with Crippen molar-refractivity contribution in [2.24, 2.45) is 0 Å². The van der Waals surface area contributed by atoms with Crippen LogP contribution in [0.4, 0.5) is 5.69 Å². The average molecular weight is 396 g/mol. The highest BCUT2D eigenvalue weighted by Gasteiger charge is 2.28. The number of ketones is 1. The molecule has 8 nitrogen and oxygen atoms in total. The fourth-order valence-electron chi connectivity index (χ4n) is 3.24. The molecule has 152 valence electrons. The number of carbonyl (C=O) groups is 3. The minimum absolute atomic E-state index is 0.0239. The van der Waals surface area contributed by atoms with E-state index >= 15 is 0 Å². The van der Waals surface area contributed by atoms with Crippen LogP contribution < -0.4 is 10.2 Å². The summed E-state index contributed by atoms with van der Waals surface area (Å²) in [7, 11) is 0. The number of aliphatic hydroxyl groups is 1. The Hall–Kier alpha value is -3.26. The van der Waals surface area contributed by atoms with Gasteiger partial charge in [0.25, 0.3) is 5.91 Å². The normalized spacial score (nSPS) is 15.0. The van der Waals surface area contributed by atoms with E-state index in [1.165, 1.54) is 19.3 Å². The van der Waals surface area contributed by atoms with Crippen molar-refractivity contribution in [1.82, 2.24) is 15.2 Å². The first kappa shape index (κ1) is 20.5. The van der Waals surface area contributed by atoms with Gasteiger partial charge < -0.3 is 20.2 Å². The third kappa shape index (κ3) is 4.97. The van der Waals surface area contributed by atoms with E-state index in [1.54, 1.807) is 29.2 Å². The van der Waals surface area contributed by atoms with Gasteiger partial charge in [-0.2, -0.15) is 0 Å². The van der Waals surface area contributed by atoms with Crippen LogP contribution in [-0.4, -0.2) is 71.4 Å². The van der Waals surface area contributed by atoms with Crippen LogP contribution >= 0.6 is 0 Å². The van der Waals surface area contributed by atoms with E-state index in [9.17, 15) is 19.5 Å². The molecule has 0 spiro atoms. The van der Waals surface area contributed by atoms with Gasteiger partial charge >= 0.3 is 0 Å². The van der Waals surface area contributed by atoms with Gasteiger partial charge in [0.15, 0.2) is 5.78 Å². The first-order valence-electron chi connectivity index (χ1n) is 9.46. The third-order valence-electron chi connectivity index (χ3n) is 4.96. The summed E-state index contributed by atoms with van der Waals surface area (Å²) in [6.07, 6.45) is 2.99. The number of anilines is 1. The number of carbonyl (C=O) groups excluding carboxylic acids is 3. The molecule has 0 bridgehead atoms. The molecular formula is C21H24N4O4. The number of nitrogens with one attached hydrogen (secondary N) is 1. The molecule has 1 aromatic carbocycles. The molecule has 8 heteroatoms. The highest BCUT2D eigenvalue weighted by atomic mass is 16.3. The molecule has 1 fully saturated rings. The Labute approximate surface area is 169 Å². The molecule has 2 aromatic rings. The van der Waals surface area contributed by atoms with E-state index in [1.807, 2.05) is 12.1 Å². The molecule has 1 aromatic heterocycles. The van der Waals surface area contributed by atoms with E-state index in [2.05, 4.69) is 15.2 Å². The molecule has 0 aliphatic carbocycles. The maximum Gasteiger partial charge on any atom is 0.252 e. The van der Waals surface area contributed by atoms with Crippen molar-refractivity contribution in [2.75, 3.05) is 37.7 Å². The first-order valence-corrected chi connectivity index (χ1v) is 9.46. The van der Waals surface area contributed by atoms with Gasteiger partial charge in [-0.1, -0.05) is 0 Å². The number of pyridine rings is 1. The fraction of sp³-hybridized carbons (Fsp3) is 0.333. The Kier molecular flexibility index (Phi) is 6.56. The standard InChI is InChI=1S/C21H24N4O4/c1-15(27)16-2-4-18(5-3-16)24-10-12-25(13-11-24)21(29)19(14-26)23-20(28)17-6-8-22-9-7-17/h2-9,19,26H,10-14H2,1H3,(H,23,28). The van der Waals surface area contributed by atoms with Crippen molar-refractivity contribution in [3.05, 3.63) is 59.9 Å². The number of piperazine rings is 1. The maximum absolute atomic E-state index is 12.7. The van der Waals surface area contributed by atoms with Crippen molar-refractivity contribution >= 4 is 23.3 Å². The molecule has 2 heterocycles. The maximum atomic E-state index is 12.7. The Balaban J connectivity index is 1.56. The monoisotopic (exact) mass is 396 g/mol. The molecule has 1 atom stereocenters. The molecule has 0 radical (unpaired) electrons. The number of aliphatic hydroxyl groups excluding tert-OH is 1. The summed E-state index contributed by atoms with van der Waals surface area (Å²) in [4.78, 5) is 44.0.